The molecule has 0 aliphatic heterocycles. The fourth-order valence-electron chi connectivity index (χ4n) is 1.85. The lowest BCUT2D eigenvalue weighted by molar-refractivity contribution is 0.101. The summed E-state index contributed by atoms with van der Waals surface area (Å²) in [6.07, 6.45) is -0.551. The van der Waals surface area contributed by atoms with Crippen LogP contribution in [0.3, 0.4) is 0 Å². The van der Waals surface area contributed by atoms with E-state index in [0.29, 0.717) is 11.0 Å². The largest absolute Gasteiger partial charge is 0.297 e. The van der Waals surface area contributed by atoms with E-state index < -0.39 is 12.3 Å². The van der Waals surface area contributed by atoms with Crippen LogP contribution in [0.2, 0.25) is 0 Å². The molecule has 1 aliphatic carbocycles. The van der Waals surface area contributed by atoms with E-state index in [1.165, 1.54) is 18.2 Å². The fraction of sp³-hybridized carbons (Fsp3) is 0.308. The van der Waals surface area contributed by atoms with Crippen LogP contribution < -0.4 is 5.32 Å². The number of benzene rings is 1. The zero-order valence-electron chi connectivity index (χ0n) is 10.3. The van der Waals surface area contributed by atoms with Gasteiger partial charge < -0.3 is 0 Å². The molecule has 0 spiro atoms. The number of halogens is 2. The highest BCUT2D eigenvalue weighted by Crippen LogP contribution is 2.39. The van der Waals surface area contributed by atoms with Gasteiger partial charge in [-0.05, 0) is 18.9 Å². The number of carbonyl (C=O) groups is 1. The summed E-state index contributed by atoms with van der Waals surface area (Å²) >= 11 is 1.07. The Balaban J connectivity index is 1.78. The quantitative estimate of drug-likeness (QED) is 0.937. The number of alkyl halides is 2. The second kappa shape index (κ2) is 5.24. The molecule has 1 fully saturated rings. The molecular formula is C13H11F2N3OS. The Morgan fingerprint density at radius 1 is 1.35 bits per heavy atom. The van der Waals surface area contributed by atoms with Crippen LogP contribution in [-0.2, 0) is 0 Å². The van der Waals surface area contributed by atoms with Crippen molar-refractivity contribution >= 4 is 22.6 Å². The van der Waals surface area contributed by atoms with Crippen LogP contribution in [0.1, 0.15) is 46.9 Å². The topological polar surface area (TPSA) is 54.9 Å². The van der Waals surface area contributed by atoms with E-state index in [-0.39, 0.29) is 11.1 Å². The average Bonchev–Trinajstić information content (AvgIpc) is 3.19. The molecule has 104 valence electrons. The van der Waals surface area contributed by atoms with Crippen molar-refractivity contribution in [3.8, 4) is 0 Å². The van der Waals surface area contributed by atoms with E-state index in [2.05, 4.69) is 14.7 Å². The molecule has 1 saturated carbocycles. The maximum Gasteiger partial charge on any atom is 0.264 e. The summed E-state index contributed by atoms with van der Waals surface area (Å²) in [5, 5.41) is 2.88. The molecule has 1 aromatic heterocycles. The summed E-state index contributed by atoms with van der Waals surface area (Å²) in [5.74, 6) is 0.539. The molecule has 1 heterocycles. The standard InChI is InChI=1S/C13H11F2N3OS/c14-10(15)8-3-1-2-4-9(8)12(19)17-13-16-11(18-20-13)7-5-6-7/h1-4,7,10H,5-6H2,(H,16,17,18,19). The molecule has 1 aromatic carbocycles. The van der Waals surface area contributed by atoms with Gasteiger partial charge in [-0.3, -0.25) is 10.1 Å². The van der Waals surface area contributed by atoms with Crippen LogP contribution in [0.4, 0.5) is 13.9 Å². The predicted octanol–water partition coefficient (Wildman–Crippen LogP) is 3.61. The molecule has 0 unspecified atom stereocenters. The summed E-state index contributed by atoms with van der Waals surface area (Å²) in [4.78, 5) is 16.2. The Bertz CT molecular complexity index is 640. The predicted molar refractivity (Wildman–Crippen MR) is 71.2 cm³/mol. The molecular weight excluding hydrogens is 284 g/mol. The third-order valence-electron chi connectivity index (χ3n) is 3.05. The molecule has 1 N–H and O–H groups in total. The molecule has 0 bridgehead atoms. The lowest BCUT2D eigenvalue weighted by Crippen LogP contribution is -2.14. The lowest BCUT2D eigenvalue weighted by atomic mass is 10.1. The summed E-state index contributed by atoms with van der Waals surface area (Å²) < 4.78 is 29.8. The molecule has 4 nitrogen and oxygen atoms in total. The number of anilines is 1. The number of aromatic nitrogens is 2. The fourth-order valence-corrected chi connectivity index (χ4v) is 2.49. The Labute approximate surface area is 118 Å². The highest BCUT2D eigenvalue weighted by molar-refractivity contribution is 7.09. The maximum atomic E-state index is 12.8. The normalized spacial score (nSPS) is 14.6. The summed E-state index contributed by atoms with van der Waals surface area (Å²) in [7, 11) is 0. The van der Waals surface area contributed by atoms with E-state index in [0.717, 1.165) is 30.2 Å². The molecule has 0 radical (unpaired) electrons. The number of hydrogen-bond acceptors (Lipinski definition) is 4. The second-order valence-corrected chi connectivity index (χ2v) is 5.33. The van der Waals surface area contributed by atoms with Gasteiger partial charge in [-0.25, -0.2) is 13.8 Å². The van der Waals surface area contributed by atoms with Gasteiger partial charge in [0, 0.05) is 28.6 Å². The summed E-state index contributed by atoms with van der Waals surface area (Å²) in [5.41, 5.74) is -0.317. The first-order valence-electron chi connectivity index (χ1n) is 6.17. The van der Waals surface area contributed by atoms with Crippen LogP contribution in [0.25, 0.3) is 0 Å². The highest BCUT2D eigenvalue weighted by Gasteiger charge is 2.28. The SMILES string of the molecule is O=C(Nc1nc(C2CC2)ns1)c1ccccc1C(F)F. The molecule has 1 aliphatic rings. The van der Waals surface area contributed by atoms with Crippen molar-refractivity contribution in [1.82, 2.24) is 9.36 Å². The third kappa shape index (κ3) is 2.67. The molecule has 0 atom stereocenters. The average molecular weight is 295 g/mol. The molecule has 7 heteroatoms. The van der Waals surface area contributed by atoms with Gasteiger partial charge >= 0.3 is 0 Å². The molecule has 0 saturated heterocycles. The van der Waals surface area contributed by atoms with Gasteiger partial charge in [0.2, 0.25) is 5.13 Å². The molecule has 1 amide bonds. The number of amides is 1. The minimum absolute atomic E-state index is 0.0364. The number of hydrogen-bond donors (Lipinski definition) is 1. The number of carbonyl (C=O) groups excluding carboxylic acids is 1. The monoisotopic (exact) mass is 295 g/mol. The van der Waals surface area contributed by atoms with Gasteiger partial charge in [-0.1, -0.05) is 18.2 Å². The van der Waals surface area contributed by atoms with Crippen molar-refractivity contribution in [3.05, 3.63) is 41.2 Å². The van der Waals surface area contributed by atoms with Crippen molar-refractivity contribution in [2.24, 2.45) is 0 Å². The van der Waals surface area contributed by atoms with E-state index in [1.54, 1.807) is 6.07 Å². The van der Waals surface area contributed by atoms with Crippen LogP contribution in [0, 0.1) is 0 Å². The molecule has 20 heavy (non-hydrogen) atoms. The number of rotatable bonds is 4. The first kappa shape index (κ1) is 13.1. The van der Waals surface area contributed by atoms with Gasteiger partial charge in [-0.2, -0.15) is 4.37 Å². The number of nitrogens with one attached hydrogen (secondary N) is 1. The minimum Gasteiger partial charge on any atom is -0.297 e. The first-order valence-corrected chi connectivity index (χ1v) is 6.94. The zero-order valence-corrected chi connectivity index (χ0v) is 11.2. The highest BCUT2D eigenvalue weighted by atomic mass is 32.1. The third-order valence-corrected chi connectivity index (χ3v) is 3.69. The summed E-state index contributed by atoms with van der Waals surface area (Å²) in [6.45, 7) is 0. The Morgan fingerprint density at radius 3 is 2.80 bits per heavy atom. The van der Waals surface area contributed by atoms with Gasteiger partial charge in [0.25, 0.3) is 12.3 Å². The Morgan fingerprint density at radius 2 is 2.10 bits per heavy atom. The van der Waals surface area contributed by atoms with Gasteiger partial charge in [0.05, 0.1) is 0 Å². The first-order chi connectivity index (χ1) is 9.65. The molecule has 3 rings (SSSR count). The van der Waals surface area contributed by atoms with Gasteiger partial charge in [-0.15, -0.1) is 0 Å². The van der Waals surface area contributed by atoms with Crippen LogP contribution in [-0.4, -0.2) is 15.3 Å². The zero-order chi connectivity index (χ0) is 14.1. The van der Waals surface area contributed by atoms with E-state index in [1.807, 2.05) is 0 Å². The van der Waals surface area contributed by atoms with Crippen molar-refractivity contribution < 1.29 is 13.6 Å². The van der Waals surface area contributed by atoms with Crippen LogP contribution in [0.15, 0.2) is 24.3 Å². The Kier molecular flexibility index (Phi) is 3.43. The minimum atomic E-state index is -2.69. The van der Waals surface area contributed by atoms with Crippen LogP contribution >= 0.6 is 11.5 Å². The maximum absolute atomic E-state index is 12.8. The number of nitrogens with zero attached hydrogens (tertiary/aromatic N) is 2. The lowest BCUT2D eigenvalue weighted by Gasteiger charge is -2.07. The van der Waals surface area contributed by atoms with E-state index in [4.69, 9.17) is 0 Å². The van der Waals surface area contributed by atoms with Crippen molar-refractivity contribution in [1.29, 1.82) is 0 Å². The van der Waals surface area contributed by atoms with Gasteiger partial charge in [0.15, 0.2) is 0 Å². The van der Waals surface area contributed by atoms with Crippen molar-refractivity contribution in [2.75, 3.05) is 5.32 Å². The van der Waals surface area contributed by atoms with Crippen molar-refractivity contribution in [3.63, 3.8) is 0 Å². The van der Waals surface area contributed by atoms with Gasteiger partial charge in [0.1, 0.15) is 5.82 Å². The second-order valence-electron chi connectivity index (χ2n) is 4.57. The Hall–Kier alpha value is -1.89. The van der Waals surface area contributed by atoms with Crippen LogP contribution in [0.5, 0.6) is 0 Å². The van der Waals surface area contributed by atoms with E-state index >= 15 is 0 Å². The summed E-state index contributed by atoms with van der Waals surface area (Å²) in [6, 6.07) is 5.65. The van der Waals surface area contributed by atoms with Crippen molar-refractivity contribution in [2.45, 2.75) is 25.2 Å². The van der Waals surface area contributed by atoms with E-state index in [9.17, 15) is 13.6 Å². The molecule has 2 aromatic rings. The smallest absolute Gasteiger partial charge is 0.264 e.